The third-order valence-electron chi connectivity index (χ3n) is 6.01. The fraction of sp³-hybridized carbons (Fsp3) is 0.276. The smallest absolute Gasteiger partial charge is 0.266 e. The van der Waals surface area contributed by atoms with Crippen molar-refractivity contribution in [2.75, 3.05) is 11.9 Å². The molecular weight excluding hydrogens is 550 g/mol. The molecule has 2 aromatic carbocycles. The highest BCUT2D eigenvalue weighted by Crippen LogP contribution is 2.38. The van der Waals surface area contributed by atoms with E-state index in [4.69, 9.17) is 9.47 Å². The molecule has 0 atom stereocenters. The van der Waals surface area contributed by atoms with Gasteiger partial charge in [-0.3, -0.25) is 4.79 Å². The predicted octanol–water partition coefficient (Wildman–Crippen LogP) is 7.09. The van der Waals surface area contributed by atoms with Crippen molar-refractivity contribution in [1.82, 2.24) is 0 Å². The van der Waals surface area contributed by atoms with Gasteiger partial charge in [0.2, 0.25) is 0 Å². The number of nitrogens with one attached hydrogen (secondary N) is 1. The molecule has 6 nitrogen and oxygen atoms in total. The summed E-state index contributed by atoms with van der Waals surface area (Å²) in [5.41, 5.74) is 4.26. The molecule has 3 aromatic rings. The molecule has 8 heteroatoms. The quantitative estimate of drug-likeness (QED) is 0.228. The van der Waals surface area contributed by atoms with Crippen LogP contribution < -0.4 is 14.8 Å². The molecule has 0 saturated heterocycles. The lowest BCUT2D eigenvalue weighted by Crippen LogP contribution is -2.13. The maximum atomic E-state index is 13.0. The van der Waals surface area contributed by atoms with Crippen LogP contribution in [0.25, 0.3) is 6.08 Å². The minimum atomic E-state index is -0.553. The Morgan fingerprint density at radius 3 is 2.68 bits per heavy atom. The van der Waals surface area contributed by atoms with E-state index in [-0.39, 0.29) is 5.57 Å². The summed E-state index contributed by atoms with van der Waals surface area (Å²) in [6.45, 7) is 4.71. The van der Waals surface area contributed by atoms with Crippen molar-refractivity contribution in [3.8, 4) is 23.6 Å². The van der Waals surface area contributed by atoms with Crippen LogP contribution in [0, 0.1) is 29.6 Å². The average molecular weight is 577 g/mol. The molecule has 1 amide bonds. The molecule has 0 bridgehead atoms. The van der Waals surface area contributed by atoms with Crippen LogP contribution in [0.5, 0.6) is 11.5 Å². The largest absolute Gasteiger partial charge is 0.490 e. The first-order valence-corrected chi connectivity index (χ1v) is 13.7. The molecule has 1 aliphatic rings. The van der Waals surface area contributed by atoms with Crippen molar-refractivity contribution in [3.05, 3.63) is 79.1 Å². The first-order chi connectivity index (χ1) is 17.9. The molecule has 188 valence electrons. The summed E-state index contributed by atoms with van der Waals surface area (Å²) in [7, 11) is 0. The zero-order valence-corrected chi connectivity index (χ0v) is 23.1. The van der Waals surface area contributed by atoms with Crippen molar-refractivity contribution >= 4 is 44.3 Å². The predicted molar refractivity (Wildman–Crippen MR) is 149 cm³/mol. The molecule has 0 spiro atoms. The van der Waals surface area contributed by atoms with Gasteiger partial charge < -0.3 is 14.8 Å². The van der Waals surface area contributed by atoms with E-state index in [9.17, 15) is 15.3 Å². The van der Waals surface area contributed by atoms with Crippen molar-refractivity contribution < 1.29 is 14.3 Å². The molecule has 37 heavy (non-hydrogen) atoms. The number of thiophene rings is 1. The zero-order valence-electron chi connectivity index (χ0n) is 20.7. The second kappa shape index (κ2) is 12.1. The number of fused-ring (bicyclic) bond motifs is 1. The second-order valence-corrected chi connectivity index (χ2v) is 10.6. The lowest BCUT2D eigenvalue weighted by Gasteiger charge is -2.14. The number of aryl methyl sites for hydroxylation is 2. The van der Waals surface area contributed by atoms with Crippen LogP contribution >= 0.6 is 27.3 Å². The molecule has 1 N–H and O–H groups in total. The van der Waals surface area contributed by atoms with E-state index in [1.807, 2.05) is 38.1 Å². The Balaban J connectivity index is 1.58. The molecule has 1 aliphatic carbocycles. The molecule has 4 rings (SSSR count). The van der Waals surface area contributed by atoms with E-state index in [1.54, 1.807) is 12.1 Å². The summed E-state index contributed by atoms with van der Waals surface area (Å²) >= 11 is 4.97. The Morgan fingerprint density at radius 2 is 1.95 bits per heavy atom. The first-order valence-electron chi connectivity index (χ1n) is 12.1. The molecule has 0 saturated carbocycles. The Morgan fingerprint density at radius 1 is 1.16 bits per heavy atom. The van der Waals surface area contributed by atoms with Crippen LogP contribution in [0.3, 0.4) is 0 Å². The molecule has 0 radical (unpaired) electrons. The van der Waals surface area contributed by atoms with Gasteiger partial charge in [-0.25, -0.2) is 0 Å². The average Bonchev–Trinajstić information content (AvgIpc) is 3.24. The van der Waals surface area contributed by atoms with Gasteiger partial charge in [-0.05, 0) is 74.4 Å². The number of rotatable bonds is 8. The summed E-state index contributed by atoms with van der Waals surface area (Å²) in [6.07, 6.45) is 5.38. The topological polar surface area (TPSA) is 95.1 Å². The van der Waals surface area contributed by atoms with Gasteiger partial charge in [-0.15, -0.1) is 11.3 Å². The fourth-order valence-corrected chi connectivity index (χ4v) is 5.92. The number of benzene rings is 2. The highest BCUT2D eigenvalue weighted by molar-refractivity contribution is 9.10. The standard InChI is InChI=1S/C29H26BrN3O3S/c1-3-35-25-13-20(24(30)14-26(25)36-17-19-8-6-7-18(2)11-19)12-21(15-31)28(34)33-29-23(16-32)22-9-4-5-10-27(22)37-29/h6-8,11-14H,3-5,9-10,17H2,1-2H3,(H,33,34)/b21-12+. The minimum Gasteiger partial charge on any atom is -0.490 e. The highest BCUT2D eigenvalue weighted by atomic mass is 79.9. The van der Waals surface area contributed by atoms with Gasteiger partial charge in [0.1, 0.15) is 29.3 Å². The molecular formula is C29H26BrN3O3S. The van der Waals surface area contributed by atoms with Gasteiger partial charge in [-0.2, -0.15) is 10.5 Å². The number of anilines is 1. The number of amides is 1. The number of hydrogen-bond donors (Lipinski definition) is 1. The summed E-state index contributed by atoms with van der Waals surface area (Å²) in [5.74, 6) is 0.514. The highest BCUT2D eigenvalue weighted by Gasteiger charge is 2.23. The molecule has 0 aliphatic heterocycles. The van der Waals surface area contributed by atoms with E-state index >= 15 is 0 Å². The molecule has 0 unspecified atom stereocenters. The number of carbonyl (C=O) groups is 1. The number of hydrogen-bond acceptors (Lipinski definition) is 6. The molecule has 1 heterocycles. The van der Waals surface area contributed by atoms with Gasteiger partial charge in [0.05, 0.1) is 12.2 Å². The Hall–Kier alpha value is -3.59. The van der Waals surface area contributed by atoms with Crippen LogP contribution in [0.1, 0.15) is 52.5 Å². The van der Waals surface area contributed by atoms with E-state index in [2.05, 4.69) is 33.4 Å². The number of halogens is 1. The minimum absolute atomic E-state index is 0.0770. The Labute approximate surface area is 229 Å². The zero-order chi connectivity index (χ0) is 26.4. The van der Waals surface area contributed by atoms with Crippen LogP contribution in [-0.2, 0) is 24.2 Å². The van der Waals surface area contributed by atoms with Crippen LogP contribution in [-0.4, -0.2) is 12.5 Å². The number of ether oxygens (including phenoxy) is 2. The van der Waals surface area contributed by atoms with Gasteiger partial charge >= 0.3 is 0 Å². The first kappa shape index (κ1) is 26.5. The number of nitrogens with zero attached hydrogens (tertiary/aromatic N) is 2. The van der Waals surface area contributed by atoms with Crippen LogP contribution in [0.2, 0.25) is 0 Å². The van der Waals surface area contributed by atoms with E-state index in [1.165, 1.54) is 17.4 Å². The van der Waals surface area contributed by atoms with Crippen molar-refractivity contribution in [1.29, 1.82) is 10.5 Å². The Kier molecular flexibility index (Phi) is 8.66. The summed E-state index contributed by atoms with van der Waals surface area (Å²) in [6, 6.07) is 15.8. The van der Waals surface area contributed by atoms with Crippen molar-refractivity contribution in [2.45, 2.75) is 46.1 Å². The molecule has 0 fully saturated rings. The van der Waals surface area contributed by atoms with E-state index in [0.717, 1.165) is 47.3 Å². The SMILES string of the molecule is CCOc1cc(/C=C(\C#N)C(=O)Nc2sc3c(c2C#N)CCCC3)c(Br)cc1OCc1cccc(C)c1. The number of nitriles is 2. The maximum absolute atomic E-state index is 13.0. The van der Waals surface area contributed by atoms with E-state index in [0.29, 0.717) is 45.3 Å². The summed E-state index contributed by atoms with van der Waals surface area (Å²) in [5, 5.41) is 22.7. The monoisotopic (exact) mass is 575 g/mol. The third kappa shape index (κ3) is 6.22. The second-order valence-electron chi connectivity index (χ2n) is 8.68. The van der Waals surface area contributed by atoms with Crippen molar-refractivity contribution in [3.63, 3.8) is 0 Å². The maximum Gasteiger partial charge on any atom is 0.266 e. The lowest BCUT2D eigenvalue weighted by atomic mass is 9.96. The fourth-order valence-electron chi connectivity index (χ4n) is 4.25. The summed E-state index contributed by atoms with van der Waals surface area (Å²) < 4.78 is 12.5. The molecule has 1 aromatic heterocycles. The Bertz CT molecular complexity index is 1450. The van der Waals surface area contributed by atoms with Crippen LogP contribution in [0.4, 0.5) is 5.00 Å². The van der Waals surface area contributed by atoms with Gasteiger partial charge in [-0.1, -0.05) is 45.8 Å². The van der Waals surface area contributed by atoms with Crippen molar-refractivity contribution in [2.24, 2.45) is 0 Å². The van der Waals surface area contributed by atoms with Gasteiger partial charge in [0.25, 0.3) is 5.91 Å². The van der Waals surface area contributed by atoms with Crippen LogP contribution in [0.15, 0.2) is 46.4 Å². The normalized spacial score (nSPS) is 12.7. The van der Waals surface area contributed by atoms with Gasteiger partial charge in [0.15, 0.2) is 11.5 Å². The lowest BCUT2D eigenvalue weighted by molar-refractivity contribution is -0.112. The van der Waals surface area contributed by atoms with Gasteiger partial charge in [0, 0.05) is 9.35 Å². The van der Waals surface area contributed by atoms with E-state index < -0.39 is 5.91 Å². The number of carbonyl (C=O) groups excluding carboxylic acids is 1. The summed E-state index contributed by atoms with van der Waals surface area (Å²) in [4.78, 5) is 14.2. The third-order valence-corrected chi connectivity index (χ3v) is 7.91.